The Morgan fingerprint density at radius 1 is 1.33 bits per heavy atom. The third kappa shape index (κ3) is 2.28. The van der Waals surface area contributed by atoms with Gasteiger partial charge in [-0.25, -0.2) is 0 Å². The molecular formula is C11H15N3S. The van der Waals surface area contributed by atoms with Crippen LogP contribution in [0.15, 0.2) is 29.6 Å². The molecule has 1 heterocycles. The molecule has 2 aromatic rings. The molecule has 3 nitrogen and oxygen atoms in total. The van der Waals surface area contributed by atoms with Crippen LogP contribution in [0.25, 0.3) is 10.1 Å². The first kappa shape index (κ1) is 10.4. The number of nitrogens with two attached hydrogens (primary N) is 2. The van der Waals surface area contributed by atoms with E-state index in [0.29, 0.717) is 6.54 Å². The predicted molar refractivity (Wildman–Crippen MR) is 67.3 cm³/mol. The van der Waals surface area contributed by atoms with Crippen LogP contribution in [0, 0.1) is 0 Å². The second-order valence-corrected chi connectivity index (χ2v) is 4.43. The third-order valence-electron chi connectivity index (χ3n) is 2.34. The molecule has 0 amide bonds. The van der Waals surface area contributed by atoms with Crippen LogP contribution in [0.1, 0.15) is 0 Å². The van der Waals surface area contributed by atoms with E-state index < -0.39 is 0 Å². The van der Waals surface area contributed by atoms with Gasteiger partial charge in [-0.2, -0.15) is 0 Å². The summed E-state index contributed by atoms with van der Waals surface area (Å²) in [6, 6.07) is 8.34. The van der Waals surface area contributed by atoms with Gasteiger partial charge in [-0.05, 0) is 6.07 Å². The monoisotopic (exact) mass is 221 g/mol. The van der Waals surface area contributed by atoms with Gasteiger partial charge < -0.3 is 16.8 Å². The van der Waals surface area contributed by atoms with E-state index in [1.807, 2.05) is 12.1 Å². The number of anilines is 1. The highest BCUT2D eigenvalue weighted by molar-refractivity contribution is 7.17. The first-order chi connectivity index (χ1) is 7.31. The predicted octanol–water partition coefficient (Wildman–Crippen LogP) is 1.60. The van der Waals surface area contributed by atoms with Gasteiger partial charge in [-0.1, -0.05) is 18.2 Å². The summed E-state index contributed by atoms with van der Waals surface area (Å²) in [4.78, 5) is 0. The van der Waals surface area contributed by atoms with Crippen molar-refractivity contribution in [2.24, 2.45) is 11.5 Å². The Bertz CT molecular complexity index is 438. The molecule has 0 saturated heterocycles. The van der Waals surface area contributed by atoms with Gasteiger partial charge in [0.15, 0.2) is 0 Å². The zero-order valence-corrected chi connectivity index (χ0v) is 9.26. The summed E-state index contributed by atoms with van der Waals surface area (Å²) in [5.41, 5.74) is 12.4. The van der Waals surface area contributed by atoms with E-state index in [4.69, 9.17) is 11.5 Å². The lowest BCUT2D eigenvalue weighted by Crippen LogP contribution is -2.36. The van der Waals surface area contributed by atoms with Crippen molar-refractivity contribution in [1.29, 1.82) is 0 Å². The fourth-order valence-electron chi connectivity index (χ4n) is 1.44. The average molecular weight is 221 g/mol. The van der Waals surface area contributed by atoms with Crippen LogP contribution in [-0.4, -0.2) is 19.1 Å². The van der Waals surface area contributed by atoms with Crippen molar-refractivity contribution in [3.63, 3.8) is 0 Å². The molecule has 80 valence electrons. The minimum absolute atomic E-state index is 0.0173. The topological polar surface area (TPSA) is 64.1 Å². The van der Waals surface area contributed by atoms with Crippen LogP contribution >= 0.6 is 11.3 Å². The Labute approximate surface area is 93.1 Å². The van der Waals surface area contributed by atoms with Gasteiger partial charge in [0.25, 0.3) is 0 Å². The summed E-state index contributed by atoms with van der Waals surface area (Å²) in [6.45, 7) is 1.23. The fraction of sp³-hybridized carbons (Fsp3) is 0.273. The van der Waals surface area contributed by atoms with Crippen molar-refractivity contribution >= 4 is 27.1 Å². The van der Waals surface area contributed by atoms with E-state index >= 15 is 0 Å². The fourth-order valence-corrected chi connectivity index (χ4v) is 2.36. The third-order valence-corrected chi connectivity index (χ3v) is 3.30. The second-order valence-electron chi connectivity index (χ2n) is 3.52. The van der Waals surface area contributed by atoms with Crippen LogP contribution in [0.2, 0.25) is 0 Å². The normalized spacial score (nSPS) is 12.9. The SMILES string of the molecule is NCC(N)CNc1csc2ccccc12. The van der Waals surface area contributed by atoms with Crippen molar-refractivity contribution < 1.29 is 0 Å². The number of thiophene rings is 1. The zero-order chi connectivity index (χ0) is 10.7. The van der Waals surface area contributed by atoms with E-state index in [2.05, 4.69) is 22.8 Å². The maximum Gasteiger partial charge on any atom is 0.0529 e. The smallest absolute Gasteiger partial charge is 0.0529 e. The zero-order valence-electron chi connectivity index (χ0n) is 8.44. The lowest BCUT2D eigenvalue weighted by Gasteiger charge is -2.10. The number of nitrogens with one attached hydrogen (secondary N) is 1. The number of fused-ring (bicyclic) bond motifs is 1. The molecule has 5 N–H and O–H groups in total. The number of benzene rings is 1. The van der Waals surface area contributed by atoms with Gasteiger partial charge in [0, 0.05) is 34.6 Å². The highest BCUT2D eigenvalue weighted by Crippen LogP contribution is 2.29. The summed E-state index contributed by atoms with van der Waals surface area (Å²) >= 11 is 1.74. The average Bonchev–Trinajstić information content (AvgIpc) is 2.69. The molecule has 0 aliphatic rings. The molecule has 1 aromatic heterocycles. The Kier molecular flexibility index (Phi) is 3.20. The Morgan fingerprint density at radius 2 is 2.13 bits per heavy atom. The summed E-state index contributed by atoms with van der Waals surface area (Å²) in [5.74, 6) is 0. The minimum atomic E-state index is 0.0173. The molecule has 15 heavy (non-hydrogen) atoms. The van der Waals surface area contributed by atoms with E-state index in [1.165, 1.54) is 10.1 Å². The van der Waals surface area contributed by atoms with Crippen molar-refractivity contribution in [2.45, 2.75) is 6.04 Å². The molecule has 1 unspecified atom stereocenters. The molecular weight excluding hydrogens is 206 g/mol. The Balaban J connectivity index is 2.14. The van der Waals surface area contributed by atoms with Crippen LogP contribution in [0.3, 0.4) is 0 Å². The number of hydrogen-bond acceptors (Lipinski definition) is 4. The van der Waals surface area contributed by atoms with E-state index in [0.717, 1.165) is 12.2 Å². The molecule has 4 heteroatoms. The maximum atomic E-state index is 5.75. The van der Waals surface area contributed by atoms with Gasteiger partial charge in [0.1, 0.15) is 0 Å². The van der Waals surface area contributed by atoms with Gasteiger partial charge in [-0.15, -0.1) is 11.3 Å². The molecule has 1 aromatic carbocycles. The Morgan fingerprint density at radius 3 is 2.93 bits per heavy atom. The largest absolute Gasteiger partial charge is 0.382 e. The van der Waals surface area contributed by atoms with E-state index in [9.17, 15) is 0 Å². The standard InChI is InChI=1S/C11H15N3S/c12-5-8(13)6-14-10-7-15-11-4-2-1-3-9(10)11/h1-4,7-8,14H,5-6,12-13H2. The molecule has 0 fully saturated rings. The number of hydrogen-bond donors (Lipinski definition) is 3. The summed E-state index contributed by atoms with van der Waals surface area (Å²) < 4.78 is 1.29. The van der Waals surface area contributed by atoms with Crippen molar-refractivity contribution in [3.8, 4) is 0 Å². The van der Waals surface area contributed by atoms with Crippen LogP contribution in [0.5, 0.6) is 0 Å². The molecule has 0 radical (unpaired) electrons. The van der Waals surface area contributed by atoms with Crippen molar-refractivity contribution in [2.75, 3.05) is 18.4 Å². The molecule has 0 aliphatic carbocycles. The van der Waals surface area contributed by atoms with Crippen LogP contribution < -0.4 is 16.8 Å². The highest BCUT2D eigenvalue weighted by atomic mass is 32.1. The molecule has 0 aliphatic heterocycles. The van der Waals surface area contributed by atoms with Gasteiger partial charge >= 0.3 is 0 Å². The number of rotatable bonds is 4. The molecule has 2 rings (SSSR count). The molecule has 0 bridgehead atoms. The minimum Gasteiger partial charge on any atom is -0.382 e. The van der Waals surface area contributed by atoms with E-state index in [-0.39, 0.29) is 6.04 Å². The molecule has 1 atom stereocenters. The second kappa shape index (κ2) is 4.61. The quantitative estimate of drug-likeness (QED) is 0.734. The summed E-state index contributed by atoms with van der Waals surface area (Å²) in [6.07, 6.45) is 0. The van der Waals surface area contributed by atoms with Gasteiger partial charge in [-0.3, -0.25) is 0 Å². The first-order valence-corrected chi connectivity index (χ1v) is 5.85. The van der Waals surface area contributed by atoms with Crippen LogP contribution in [-0.2, 0) is 0 Å². The van der Waals surface area contributed by atoms with Crippen molar-refractivity contribution in [3.05, 3.63) is 29.6 Å². The maximum absolute atomic E-state index is 5.75. The van der Waals surface area contributed by atoms with Gasteiger partial charge in [0.2, 0.25) is 0 Å². The summed E-state index contributed by atoms with van der Waals surface area (Å²) in [7, 11) is 0. The lowest BCUT2D eigenvalue weighted by atomic mass is 10.2. The Hall–Kier alpha value is -1.10. The first-order valence-electron chi connectivity index (χ1n) is 4.97. The highest BCUT2D eigenvalue weighted by Gasteiger charge is 2.04. The van der Waals surface area contributed by atoms with Crippen LogP contribution in [0.4, 0.5) is 5.69 Å². The lowest BCUT2D eigenvalue weighted by molar-refractivity contribution is 0.714. The molecule has 0 spiro atoms. The van der Waals surface area contributed by atoms with Crippen molar-refractivity contribution in [1.82, 2.24) is 0 Å². The van der Waals surface area contributed by atoms with Gasteiger partial charge in [0.05, 0.1) is 5.69 Å². The summed E-state index contributed by atoms with van der Waals surface area (Å²) in [5, 5.41) is 6.70. The van der Waals surface area contributed by atoms with E-state index in [1.54, 1.807) is 11.3 Å². The molecule has 0 saturated carbocycles.